The van der Waals surface area contributed by atoms with Crippen molar-refractivity contribution in [3.05, 3.63) is 65.4 Å². The SMILES string of the molecule is O=C(NOC(c1c(-c2cc(F)ccc2F)ncnc1C1CCC(F)(F)CO1)C1(F)CC1)c1ccno1. The minimum Gasteiger partial charge on any atom is -0.366 e. The summed E-state index contributed by atoms with van der Waals surface area (Å²) in [6.07, 6.45) is -1.08. The van der Waals surface area contributed by atoms with E-state index < -0.39 is 54.4 Å². The molecule has 0 spiro atoms. The number of nitrogens with zero attached hydrogens (tertiary/aromatic N) is 3. The van der Waals surface area contributed by atoms with E-state index in [2.05, 4.69) is 20.6 Å². The summed E-state index contributed by atoms with van der Waals surface area (Å²) in [6.45, 7) is -0.903. The summed E-state index contributed by atoms with van der Waals surface area (Å²) < 4.78 is 82.1. The molecule has 1 saturated heterocycles. The van der Waals surface area contributed by atoms with E-state index in [1.807, 2.05) is 0 Å². The van der Waals surface area contributed by atoms with Crippen LogP contribution in [0.3, 0.4) is 0 Å². The summed E-state index contributed by atoms with van der Waals surface area (Å²) in [7, 11) is 0. The average molecular weight is 510 g/mol. The molecular formula is C23H19F5N4O4. The Balaban J connectivity index is 1.60. The number of alkyl halides is 3. The molecule has 2 fully saturated rings. The smallest absolute Gasteiger partial charge is 0.313 e. The van der Waals surface area contributed by atoms with Crippen molar-refractivity contribution in [1.82, 2.24) is 20.6 Å². The first-order valence-electron chi connectivity index (χ1n) is 11.0. The van der Waals surface area contributed by atoms with E-state index in [0.717, 1.165) is 24.5 Å². The van der Waals surface area contributed by atoms with Crippen molar-refractivity contribution in [3.63, 3.8) is 0 Å². The number of benzene rings is 1. The lowest BCUT2D eigenvalue weighted by Gasteiger charge is -2.32. The second-order valence-corrected chi connectivity index (χ2v) is 8.68. The minimum atomic E-state index is -3.06. The van der Waals surface area contributed by atoms with Gasteiger partial charge in [-0.05, 0) is 37.5 Å². The number of rotatable bonds is 7. The third kappa shape index (κ3) is 4.80. The lowest BCUT2D eigenvalue weighted by molar-refractivity contribution is -0.147. The zero-order valence-electron chi connectivity index (χ0n) is 18.5. The Morgan fingerprint density at radius 2 is 1.94 bits per heavy atom. The maximum Gasteiger partial charge on any atom is 0.313 e. The molecule has 2 unspecified atom stereocenters. The number of halogens is 5. The number of aromatic nitrogens is 3. The Kier molecular flexibility index (Phi) is 6.20. The van der Waals surface area contributed by atoms with Crippen molar-refractivity contribution in [3.8, 4) is 11.3 Å². The quantitative estimate of drug-likeness (QED) is 0.360. The molecular weight excluding hydrogens is 491 g/mol. The van der Waals surface area contributed by atoms with Crippen molar-refractivity contribution in [2.75, 3.05) is 6.61 Å². The molecule has 1 aromatic carbocycles. The van der Waals surface area contributed by atoms with Crippen LogP contribution in [0.1, 0.15) is 59.7 Å². The van der Waals surface area contributed by atoms with Gasteiger partial charge in [0.15, 0.2) is 0 Å². The summed E-state index contributed by atoms with van der Waals surface area (Å²) in [4.78, 5) is 26.0. The standard InChI is InChI=1S/C23H19F5N4O4/c24-12-1-2-14(25)13(9-12)18-17(19(30-11-29-18)15-3-5-23(27,28)10-34-15)20(22(26)6-7-22)36-32-21(33)16-4-8-31-35-16/h1-2,4,8-9,11,15,20H,3,5-7,10H2,(H,32,33). The van der Waals surface area contributed by atoms with E-state index in [4.69, 9.17) is 14.1 Å². The highest BCUT2D eigenvalue weighted by molar-refractivity contribution is 5.90. The van der Waals surface area contributed by atoms with Crippen LogP contribution in [0.2, 0.25) is 0 Å². The Labute approximate surface area is 200 Å². The molecule has 36 heavy (non-hydrogen) atoms. The summed E-state index contributed by atoms with van der Waals surface area (Å²) in [5.74, 6) is -5.82. The van der Waals surface area contributed by atoms with Crippen LogP contribution in [0.4, 0.5) is 22.0 Å². The summed E-state index contributed by atoms with van der Waals surface area (Å²) in [5.41, 5.74) is -0.671. The van der Waals surface area contributed by atoms with Crippen LogP contribution in [-0.2, 0) is 9.57 Å². The van der Waals surface area contributed by atoms with Crippen molar-refractivity contribution in [2.45, 2.75) is 49.5 Å². The molecule has 13 heteroatoms. The Bertz CT molecular complexity index is 1260. The molecule has 5 rings (SSSR count). The Morgan fingerprint density at radius 3 is 2.61 bits per heavy atom. The van der Waals surface area contributed by atoms with E-state index in [0.29, 0.717) is 0 Å². The molecule has 2 aliphatic rings. The molecule has 190 valence electrons. The predicted octanol–water partition coefficient (Wildman–Crippen LogP) is 4.80. The molecule has 3 heterocycles. The number of amides is 1. The molecule has 0 bridgehead atoms. The second-order valence-electron chi connectivity index (χ2n) is 8.68. The number of nitrogens with one attached hydrogen (secondary N) is 1. The zero-order valence-corrected chi connectivity index (χ0v) is 18.5. The first-order chi connectivity index (χ1) is 17.2. The van der Waals surface area contributed by atoms with Gasteiger partial charge in [0.25, 0.3) is 5.92 Å². The van der Waals surface area contributed by atoms with Gasteiger partial charge in [0.1, 0.15) is 42.4 Å². The van der Waals surface area contributed by atoms with E-state index in [-0.39, 0.29) is 47.5 Å². The van der Waals surface area contributed by atoms with Crippen molar-refractivity contribution in [1.29, 1.82) is 0 Å². The fourth-order valence-corrected chi connectivity index (χ4v) is 4.05. The number of hydrogen-bond donors (Lipinski definition) is 1. The van der Waals surface area contributed by atoms with Gasteiger partial charge in [0.2, 0.25) is 5.76 Å². The lowest BCUT2D eigenvalue weighted by Crippen LogP contribution is -2.34. The van der Waals surface area contributed by atoms with Crippen LogP contribution in [-0.4, -0.2) is 39.2 Å². The fraction of sp³-hybridized carbons (Fsp3) is 0.391. The molecule has 1 aliphatic heterocycles. The fourth-order valence-electron chi connectivity index (χ4n) is 4.05. The van der Waals surface area contributed by atoms with Crippen LogP contribution in [0.5, 0.6) is 0 Å². The van der Waals surface area contributed by atoms with Gasteiger partial charge in [-0.3, -0.25) is 9.63 Å². The highest BCUT2D eigenvalue weighted by atomic mass is 19.3. The van der Waals surface area contributed by atoms with Gasteiger partial charge in [-0.15, -0.1) is 0 Å². The molecule has 1 saturated carbocycles. The van der Waals surface area contributed by atoms with Gasteiger partial charge >= 0.3 is 5.91 Å². The van der Waals surface area contributed by atoms with Gasteiger partial charge in [0, 0.05) is 23.6 Å². The van der Waals surface area contributed by atoms with Gasteiger partial charge in [-0.2, -0.15) is 0 Å². The molecule has 1 N–H and O–H groups in total. The number of hydroxylamine groups is 1. The van der Waals surface area contributed by atoms with Gasteiger partial charge < -0.3 is 9.26 Å². The number of carbonyl (C=O) groups excluding carboxylic acids is 1. The maximum absolute atomic E-state index is 15.7. The highest BCUT2D eigenvalue weighted by Crippen LogP contribution is 2.54. The lowest BCUT2D eigenvalue weighted by atomic mass is 9.91. The molecule has 8 nitrogen and oxygen atoms in total. The average Bonchev–Trinajstić information content (AvgIpc) is 3.35. The molecule has 3 aromatic rings. The van der Waals surface area contributed by atoms with Crippen LogP contribution < -0.4 is 5.48 Å². The second kappa shape index (κ2) is 9.21. The number of hydrogen-bond acceptors (Lipinski definition) is 7. The first kappa shape index (κ1) is 24.3. The highest BCUT2D eigenvalue weighted by Gasteiger charge is 2.55. The molecule has 2 atom stereocenters. The number of carbonyl (C=O) groups is 1. The van der Waals surface area contributed by atoms with Crippen molar-refractivity contribution in [2.24, 2.45) is 0 Å². The third-order valence-electron chi connectivity index (χ3n) is 6.06. The Morgan fingerprint density at radius 1 is 1.14 bits per heavy atom. The van der Waals surface area contributed by atoms with Crippen molar-refractivity contribution >= 4 is 5.91 Å². The normalized spacial score (nSPS) is 21.1. The first-order valence-corrected chi connectivity index (χ1v) is 11.0. The molecule has 1 amide bonds. The van der Waals surface area contributed by atoms with Crippen LogP contribution in [0.15, 0.2) is 41.3 Å². The van der Waals surface area contributed by atoms with Crippen LogP contribution in [0, 0.1) is 11.6 Å². The Hall–Kier alpha value is -3.45. The summed E-state index contributed by atoms with van der Waals surface area (Å²) >= 11 is 0. The topological polar surface area (TPSA) is 99.4 Å². The van der Waals surface area contributed by atoms with Crippen molar-refractivity contribution < 1.29 is 40.8 Å². The predicted molar refractivity (Wildman–Crippen MR) is 111 cm³/mol. The summed E-state index contributed by atoms with van der Waals surface area (Å²) in [6, 6.07) is 3.88. The largest absolute Gasteiger partial charge is 0.366 e. The molecule has 2 aromatic heterocycles. The van der Waals surface area contributed by atoms with E-state index in [9.17, 15) is 22.4 Å². The third-order valence-corrected chi connectivity index (χ3v) is 6.06. The minimum absolute atomic E-state index is 0.0127. The van der Waals surface area contributed by atoms with E-state index in [1.54, 1.807) is 0 Å². The molecule has 0 radical (unpaired) electrons. The summed E-state index contributed by atoms with van der Waals surface area (Å²) in [5, 5.41) is 3.41. The van der Waals surface area contributed by atoms with Gasteiger partial charge in [0.05, 0.1) is 17.6 Å². The van der Waals surface area contributed by atoms with E-state index in [1.165, 1.54) is 12.3 Å². The van der Waals surface area contributed by atoms with Crippen LogP contribution >= 0.6 is 0 Å². The van der Waals surface area contributed by atoms with Gasteiger partial charge in [-0.25, -0.2) is 37.4 Å². The van der Waals surface area contributed by atoms with Gasteiger partial charge in [-0.1, -0.05) is 5.16 Å². The van der Waals surface area contributed by atoms with Crippen LogP contribution in [0.25, 0.3) is 11.3 Å². The monoisotopic (exact) mass is 510 g/mol. The number of ether oxygens (including phenoxy) is 1. The maximum atomic E-state index is 15.7. The molecule has 1 aliphatic carbocycles. The van der Waals surface area contributed by atoms with E-state index >= 15 is 4.39 Å². The zero-order chi connectivity index (χ0) is 25.5.